The molecule has 8 aromatic heterocycles. The molecule has 29 aromatic rings. The Morgan fingerprint density at radius 3 is 0.674 bits per heavy atom. The second kappa shape index (κ2) is 34.3. The molecule has 672 valence electrons. The van der Waals surface area contributed by atoms with Gasteiger partial charge < -0.3 is 27.3 Å². The van der Waals surface area contributed by atoms with Crippen LogP contribution in [0.3, 0.4) is 0 Å². The predicted octanol–water partition coefficient (Wildman–Crippen LogP) is 35.0. The molecule has 0 fully saturated rings. The van der Waals surface area contributed by atoms with Crippen LogP contribution >= 0.6 is 0 Å². The van der Waals surface area contributed by atoms with Crippen molar-refractivity contribution >= 4 is 131 Å². The van der Waals surface area contributed by atoms with Gasteiger partial charge in [-0.05, 0) is 156 Å². The number of nitrogens with zero attached hydrogens (tertiary/aromatic N) is 9. The minimum Gasteiger partial charge on any atom is -0.455 e. The number of hydrogen-bond donors (Lipinski definition) is 0. The Hall–Kier alpha value is -19.4. The lowest BCUT2D eigenvalue weighted by Gasteiger charge is -2.21. The van der Waals surface area contributed by atoms with Gasteiger partial charge in [-0.2, -0.15) is 0 Å². The molecule has 0 aliphatic carbocycles. The first-order valence-electron chi connectivity index (χ1n) is 49.0. The zero-order valence-electron chi connectivity index (χ0n) is 78.0. The van der Waals surface area contributed by atoms with Gasteiger partial charge in [-0.1, -0.05) is 382 Å². The summed E-state index contributed by atoms with van der Waals surface area (Å²) in [5.74, 6) is 1.31. The molecule has 10 nitrogen and oxygen atoms in total. The lowest BCUT2D eigenvalue weighted by molar-refractivity contribution is 0.677. The van der Waals surface area contributed by atoms with Gasteiger partial charge in [-0.15, -0.1) is 0 Å². The highest BCUT2D eigenvalue weighted by Gasteiger charge is 2.32. The molecule has 0 amide bonds. The van der Waals surface area contributed by atoms with Crippen LogP contribution in [0.25, 0.3) is 272 Å². The van der Waals surface area contributed by atoms with E-state index in [0.29, 0.717) is 11.6 Å². The van der Waals surface area contributed by atoms with Crippen LogP contribution in [0.2, 0.25) is 0 Å². The van der Waals surface area contributed by atoms with Gasteiger partial charge in [0.1, 0.15) is 11.2 Å². The maximum Gasteiger partial charge on any atom is 0.160 e. The molecule has 21 aromatic carbocycles. The van der Waals surface area contributed by atoms with E-state index in [1.165, 1.54) is 54.4 Å². The van der Waals surface area contributed by atoms with Gasteiger partial charge in [0.05, 0.1) is 100 Å². The number of aromatic nitrogens is 9. The van der Waals surface area contributed by atoms with Crippen molar-refractivity contribution in [2.45, 2.75) is 0 Å². The van der Waals surface area contributed by atoms with E-state index in [-0.39, 0.29) is 0 Å². The zero-order valence-corrected chi connectivity index (χ0v) is 78.0. The summed E-state index contributed by atoms with van der Waals surface area (Å²) >= 11 is 0. The van der Waals surface area contributed by atoms with Gasteiger partial charge >= 0.3 is 0 Å². The summed E-state index contributed by atoms with van der Waals surface area (Å²) in [5.41, 5.74) is 36.7. The van der Waals surface area contributed by atoms with Crippen LogP contribution < -0.4 is 0 Å². The van der Waals surface area contributed by atoms with Crippen molar-refractivity contribution in [3.63, 3.8) is 0 Å². The highest BCUT2D eigenvalue weighted by molar-refractivity contribution is 6.33. The van der Waals surface area contributed by atoms with Crippen LogP contribution in [0, 0.1) is 0 Å². The standard InChI is InChI=1S/C70H45N5.C64H40N4O/c1-7-23-46(24-8-1)57-43-50(70-71-59(48-27-11-3-12-28-48)45-60(72-70)49-29-13-4-14-30-49)44-58(47-25-9-2-10-26-47)67(57)75-62-38-22-20-36-56(62)66-64(75)42-40-54-53-39-41-63-65(68(53)74(69(54)66)52-33-17-6-18-34-52)55-35-19-21-37-61(55)73(63)51-31-15-5-16-32-51;1-6-20-41(21-7-1)51-38-45(64-65-53(43-24-10-3-11-25-43)40-54(66-64)44-26-12-4-13-27-44)39-52(42-22-8-2-9-23-42)61(51)68-56-33-19-17-31-50(56)60-58(68)37-35-48-47-34-36-57-59(62(47)69-63(48)60)49-30-16-18-32-55(49)67(57)46-28-14-5-15-29-46/h1-45H;1-40H. The molecule has 0 radical (unpaired) electrons. The largest absolute Gasteiger partial charge is 0.455 e. The van der Waals surface area contributed by atoms with Crippen LogP contribution in [0.15, 0.2) is 520 Å². The Bertz CT molecular complexity index is 9850. The van der Waals surface area contributed by atoms with E-state index in [4.69, 9.17) is 24.4 Å². The minimum atomic E-state index is 0.655. The maximum atomic E-state index is 7.35. The SMILES string of the molecule is c1ccc(-c2cc(-c3ccccc3)nc(-c3cc(-c4ccccc4)c(-n4c5ccccc5c5c4ccc4c6ccc7c(c8ccccc8n7-c7ccccc7)c6n(-c6ccccc6)c45)c(-c4ccccc4)c3)n2)cc1.c1ccc(-c2cc(-c3ccccc3)nc(-c3cc(-c4ccccc4)c(-n4c5ccccc5c5c6oc7c(ccc8c7c7ccccc7n8-c7ccccc7)c6ccc54)c(-c4ccccc4)c3)n2)cc1. The van der Waals surface area contributed by atoms with Crippen LogP contribution in [0.5, 0.6) is 0 Å². The third-order valence-electron chi connectivity index (χ3n) is 28.7. The molecule has 0 bridgehead atoms. The normalized spacial score (nSPS) is 11.8. The molecule has 0 saturated heterocycles. The van der Waals surface area contributed by atoms with Crippen LogP contribution in [0.1, 0.15) is 0 Å². The summed E-state index contributed by atoms with van der Waals surface area (Å²) in [5, 5.41) is 13.9. The number of hydrogen-bond acceptors (Lipinski definition) is 5. The van der Waals surface area contributed by atoms with Crippen molar-refractivity contribution in [1.82, 2.24) is 42.8 Å². The molecule has 144 heavy (non-hydrogen) atoms. The van der Waals surface area contributed by atoms with Crippen LogP contribution in [-0.2, 0) is 0 Å². The Morgan fingerprint density at radius 1 is 0.153 bits per heavy atom. The minimum absolute atomic E-state index is 0.655. The van der Waals surface area contributed by atoms with E-state index in [1.54, 1.807) is 0 Å². The average molecular weight is 1840 g/mol. The molecule has 0 N–H and O–H groups in total. The summed E-state index contributed by atoms with van der Waals surface area (Å²) in [4.78, 5) is 21.5. The molecule has 29 rings (SSSR count). The Balaban J connectivity index is 0.000000141. The summed E-state index contributed by atoms with van der Waals surface area (Å²) in [6.07, 6.45) is 0. The van der Waals surface area contributed by atoms with Crippen molar-refractivity contribution in [1.29, 1.82) is 0 Å². The van der Waals surface area contributed by atoms with Gasteiger partial charge in [0, 0.05) is 127 Å². The maximum absolute atomic E-state index is 7.35. The summed E-state index contributed by atoms with van der Waals surface area (Å²) < 4.78 is 19.7. The first kappa shape index (κ1) is 82.8. The lowest BCUT2D eigenvalue weighted by atomic mass is 9.92. The second-order valence-corrected chi connectivity index (χ2v) is 36.9. The molecular weight excluding hydrogens is 1750 g/mol. The van der Waals surface area contributed by atoms with E-state index in [2.05, 4.69) is 514 Å². The summed E-state index contributed by atoms with van der Waals surface area (Å²) in [7, 11) is 0. The van der Waals surface area contributed by atoms with E-state index in [0.717, 1.165) is 206 Å². The monoisotopic (exact) mass is 1840 g/mol. The average Bonchev–Trinajstić information content (AvgIpc) is 1.52. The van der Waals surface area contributed by atoms with E-state index < -0.39 is 0 Å². The van der Waals surface area contributed by atoms with E-state index in [1.807, 2.05) is 24.3 Å². The van der Waals surface area contributed by atoms with Crippen LogP contribution in [0.4, 0.5) is 0 Å². The summed E-state index contributed by atoms with van der Waals surface area (Å²) in [6.45, 7) is 0. The number of benzene rings is 21. The lowest BCUT2D eigenvalue weighted by Crippen LogP contribution is -2.03. The zero-order chi connectivity index (χ0) is 94.8. The van der Waals surface area contributed by atoms with Gasteiger partial charge in [-0.25, -0.2) is 19.9 Å². The summed E-state index contributed by atoms with van der Waals surface area (Å²) in [6, 6.07) is 184. The molecule has 0 unspecified atom stereocenters. The number of fused-ring (bicyclic) bond motifs is 22. The third-order valence-corrected chi connectivity index (χ3v) is 28.7. The smallest absolute Gasteiger partial charge is 0.160 e. The topological polar surface area (TPSA) is 89.4 Å². The van der Waals surface area contributed by atoms with Gasteiger partial charge in [0.2, 0.25) is 0 Å². The van der Waals surface area contributed by atoms with Gasteiger partial charge in [-0.3, -0.25) is 0 Å². The molecular formula is C134H85N9O. The Morgan fingerprint density at radius 2 is 0.375 bits per heavy atom. The fraction of sp³-hybridized carbons (Fsp3) is 0. The number of para-hydroxylation sites is 7. The Labute approximate surface area is 828 Å². The van der Waals surface area contributed by atoms with Crippen molar-refractivity contribution in [3.05, 3.63) is 516 Å². The van der Waals surface area contributed by atoms with Crippen molar-refractivity contribution in [2.75, 3.05) is 0 Å². The predicted molar refractivity (Wildman–Crippen MR) is 597 cm³/mol. The second-order valence-electron chi connectivity index (χ2n) is 36.9. The van der Waals surface area contributed by atoms with Crippen molar-refractivity contribution in [2.24, 2.45) is 0 Å². The fourth-order valence-electron chi connectivity index (χ4n) is 22.5. The molecule has 10 heteroatoms. The Kier molecular flexibility index (Phi) is 19.7. The molecule has 0 saturated carbocycles. The number of furan rings is 1. The first-order valence-corrected chi connectivity index (χ1v) is 49.0. The van der Waals surface area contributed by atoms with Crippen molar-refractivity contribution in [3.8, 4) is 141 Å². The van der Waals surface area contributed by atoms with Gasteiger partial charge in [0.15, 0.2) is 11.6 Å². The molecule has 0 spiro atoms. The molecule has 0 aliphatic heterocycles. The third kappa shape index (κ3) is 13.6. The highest BCUT2D eigenvalue weighted by Crippen LogP contribution is 2.53. The highest BCUT2D eigenvalue weighted by atomic mass is 16.3. The van der Waals surface area contributed by atoms with E-state index in [9.17, 15) is 0 Å². The fourth-order valence-corrected chi connectivity index (χ4v) is 22.5. The molecule has 8 heterocycles. The van der Waals surface area contributed by atoms with Crippen molar-refractivity contribution < 1.29 is 4.42 Å². The first-order chi connectivity index (χ1) is 71.5. The number of rotatable bonds is 15. The molecule has 0 aliphatic rings. The van der Waals surface area contributed by atoms with Gasteiger partial charge in [0.25, 0.3) is 0 Å². The molecule has 0 atom stereocenters. The van der Waals surface area contributed by atoms with E-state index >= 15 is 0 Å². The van der Waals surface area contributed by atoms with Crippen LogP contribution in [-0.4, -0.2) is 42.8 Å². The quantitative estimate of drug-likeness (QED) is 0.102.